The van der Waals surface area contributed by atoms with Gasteiger partial charge < -0.3 is 9.47 Å². The Hall–Kier alpha value is -1.25. The van der Waals surface area contributed by atoms with Gasteiger partial charge in [-0.2, -0.15) is 0 Å². The highest BCUT2D eigenvalue weighted by molar-refractivity contribution is 5.89. The zero-order chi connectivity index (χ0) is 12.3. The zero-order valence-electron chi connectivity index (χ0n) is 10.4. The van der Waals surface area contributed by atoms with Crippen molar-refractivity contribution in [1.29, 1.82) is 0 Å². The van der Waals surface area contributed by atoms with Crippen LogP contribution in [0.1, 0.15) is 38.5 Å². The third-order valence-electron chi connectivity index (χ3n) is 3.70. The van der Waals surface area contributed by atoms with Crippen LogP contribution >= 0.6 is 0 Å². The number of methoxy groups -OCH3 is 1. The lowest BCUT2D eigenvalue weighted by atomic mass is 9.85. The van der Waals surface area contributed by atoms with Crippen LogP contribution < -0.4 is 0 Å². The number of allylic oxidation sites excluding steroid dienone is 2. The molecule has 3 nitrogen and oxygen atoms in total. The van der Waals surface area contributed by atoms with Crippen molar-refractivity contribution in [2.75, 3.05) is 7.11 Å². The van der Waals surface area contributed by atoms with Crippen molar-refractivity contribution in [2.45, 2.75) is 44.6 Å². The van der Waals surface area contributed by atoms with Crippen molar-refractivity contribution in [2.24, 2.45) is 5.92 Å². The van der Waals surface area contributed by atoms with Gasteiger partial charge in [0.25, 0.3) is 0 Å². The second kappa shape index (κ2) is 5.39. The summed E-state index contributed by atoms with van der Waals surface area (Å²) in [6.45, 7) is 3.68. The number of ether oxygens (including phenoxy) is 2. The van der Waals surface area contributed by atoms with Crippen LogP contribution in [0.3, 0.4) is 0 Å². The maximum Gasteiger partial charge on any atom is 0.337 e. The Bertz CT molecular complexity index is 327. The number of carbonyl (C=O) groups is 1. The standard InChI is InChI=1S/C14H20O3/c1-3-6-11(14(15)16-2)13-9-10-7-4-5-8-12(10)17-13/h3,10,12H,1,4-9H2,2H3/b13-11+/t10-,12+/m0/s1. The molecule has 0 spiro atoms. The topological polar surface area (TPSA) is 35.5 Å². The molecular weight excluding hydrogens is 216 g/mol. The zero-order valence-corrected chi connectivity index (χ0v) is 10.4. The van der Waals surface area contributed by atoms with Crippen molar-refractivity contribution in [3.05, 3.63) is 24.0 Å². The summed E-state index contributed by atoms with van der Waals surface area (Å²) in [5.41, 5.74) is 0.650. The highest BCUT2D eigenvalue weighted by Gasteiger charge is 2.36. The predicted octanol–water partition coefficient (Wildman–Crippen LogP) is 2.97. The average Bonchev–Trinajstić information content (AvgIpc) is 2.78. The number of fused-ring (bicyclic) bond motifs is 1. The van der Waals surface area contributed by atoms with Gasteiger partial charge >= 0.3 is 5.97 Å². The van der Waals surface area contributed by atoms with Crippen LogP contribution in [0, 0.1) is 5.92 Å². The van der Waals surface area contributed by atoms with Gasteiger partial charge in [-0.25, -0.2) is 4.79 Å². The summed E-state index contributed by atoms with van der Waals surface area (Å²) in [6, 6.07) is 0. The van der Waals surface area contributed by atoms with Crippen LogP contribution in [0.15, 0.2) is 24.0 Å². The molecule has 0 unspecified atom stereocenters. The summed E-state index contributed by atoms with van der Waals surface area (Å²) in [4.78, 5) is 11.7. The van der Waals surface area contributed by atoms with Crippen molar-refractivity contribution in [3.63, 3.8) is 0 Å². The first-order valence-corrected chi connectivity index (χ1v) is 6.34. The number of carbonyl (C=O) groups excluding carboxylic acids is 1. The number of esters is 1. The fourth-order valence-corrected chi connectivity index (χ4v) is 2.80. The largest absolute Gasteiger partial charge is 0.494 e. The summed E-state index contributed by atoms with van der Waals surface area (Å²) in [5.74, 6) is 1.16. The molecule has 2 atom stereocenters. The van der Waals surface area contributed by atoms with E-state index in [0.29, 0.717) is 24.0 Å². The van der Waals surface area contributed by atoms with Crippen molar-refractivity contribution in [1.82, 2.24) is 0 Å². The van der Waals surface area contributed by atoms with E-state index >= 15 is 0 Å². The van der Waals surface area contributed by atoms with E-state index in [0.717, 1.165) is 18.6 Å². The Kier molecular flexibility index (Phi) is 3.87. The Morgan fingerprint density at radius 2 is 2.29 bits per heavy atom. The molecule has 0 aromatic rings. The minimum atomic E-state index is -0.279. The molecule has 1 saturated heterocycles. The van der Waals surface area contributed by atoms with Gasteiger partial charge in [0.1, 0.15) is 11.9 Å². The molecule has 0 radical (unpaired) electrons. The Labute approximate surface area is 102 Å². The smallest absolute Gasteiger partial charge is 0.337 e. The molecule has 0 aromatic carbocycles. The molecular formula is C14H20O3. The van der Waals surface area contributed by atoms with E-state index in [2.05, 4.69) is 6.58 Å². The lowest BCUT2D eigenvalue weighted by molar-refractivity contribution is -0.136. The first-order chi connectivity index (χ1) is 8.26. The van der Waals surface area contributed by atoms with Crippen LogP contribution in [-0.4, -0.2) is 19.2 Å². The fourth-order valence-electron chi connectivity index (χ4n) is 2.80. The summed E-state index contributed by atoms with van der Waals surface area (Å²) < 4.78 is 10.7. The number of rotatable bonds is 3. The Morgan fingerprint density at radius 1 is 1.53 bits per heavy atom. The summed E-state index contributed by atoms with van der Waals surface area (Å²) in [5, 5.41) is 0. The molecule has 3 heteroatoms. The van der Waals surface area contributed by atoms with Crippen LogP contribution in [0.4, 0.5) is 0 Å². The third-order valence-corrected chi connectivity index (χ3v) is 3.70. The minimum absolute atomic E-state index is 0.279. The molecule has 1 aliphatic heterocycles. The van der Waals surface area contributed by atoms with Gasteiger partial charge in [-0.05, 0) is 19.3 Å². The molecule has 94 valence electrons. The SMILES string of the molecule is C=CC/C(C(=O)OC)=C1/C[C@@H]2CCCC[C@H]2O1. The lowest BCUT2D eigenvalue weighted by Crippen LogP contribution is -2.19. The van der Waals surface area contributed by atoms with E-state index in [4.69, 9.17) is 9.47 Å². The summed E-state index contributed by atoms with van der Waals surface area (Å²) >= 11 is 0. The minimum Gasteiger partial charge on any atom is -0.494 e. The van der Waals surface area contributed by atoms with Gasteiger partial charge in [0, 0.05) is 18.8 Å². The highest BCUT2D eigenvalue weighted by Crippen LogP contribution is 2.40. The molecule has 0 N–H and O–H groups in total. The second-order valence-electron chi connectivity index (χ2n) is 4.79. The Morgan fingerprint density at radius 3 is 2.94 bits per heavy atom. The molecule has 1 saturated carbocycles. The molecule has 2 fully saturated rings. The molecule has 2 aliphatic rings. The molecule has 0 aromatic heterocycles. The predicted molar refractivity (Wildman–Crippen MR) is 65.3 cm³/mol. The maximum absolute atomic E-state index is 11.7. The normalized spacial score (nSPS) is 30.2. The van der Waals surface area contributed by atoms with Gasteiger partial charge in [0.2, 0.25) is 0 Å². The van der Waals surface area contributed by atoms with E-state index < -0.39 is 0 Å². The molecule has 1 heterocycles. The first-order valence-electron chi connectivity index (χ1n) is 6.34. The van der Waals surface area contributed by atoms with E-state index in [1.54, 1.807) is 6.08 Å². The third kappa shape index (κ3) is 2.54. The summed E-state index contributed by atoms with van der Waals surface area (Å²) in [6.07, 6.45) is 8.34. The van der Waals surface area contributed by atoms with Gasteiger partial charge in [0.15, 0.2) is 0 Å². The van der Waals surface area contributed by atoms with Gasteiger partial charge in [0.05, 0.1) is 12.7 Å². The van der Waals surface area contributed by atoms with Gasteiger partial charge in [-0.3, -0.25) is 0 Å². The number of hydrogen-bond donors (Lipinski definition) is 0. The van der Waals surface area contributed by atoms with Crippen LogP contribution in [0.2, 0.25) is 0 Å². The molecule has 1 aliphatic carbocycles. The maximum atomic E-state index is 11.7. The van der Waals surface area contributed by atoms with Crippen molar-refractivity contribution < 1.29 is 14.3 Å². The molecule has 2 rings (SSSR count). The monoisotopic (exact) mass is 236 g/mol. The van der Waals surface area contributed by atoms with E-state index in [9.17, 15) is 4.79 Å². The Balaban J connectivity index is 2.17. The van der Waals surface area contributed by atoms with Crippen molar-refractivity contribution in [3.8, 4) is 0 Å². The van der Waals surface area contributed by atoms with E-state index in [1.165, 1.54) is 26.4 Å². The fraction of sp³-hybridized carbons (Fsp3) is 0.643. The van der Waals surface area contributed by atoms with Crippen molar-refractivity contribution >= 4 is 5.97 Å². The van der Waals surface area contributed by atoms with Gasteiger partial charge in [-0.15, -0.1) is 6.58 Å². The molecule has 0 bridgehead atoms. The van der Waals surface area contributed by atoms with Gasteiger partial charge in [-0.1, -0.05) is 12.5 Å². The second-order valence-corrected chi connectivity index (χ2v) is 4.79. The first kappa shape index (κ1) is 12.2. The van der Waals surface area contributed by atoms with Crippen LogP contribution in [-0.2, 0) is 14.3 Å². The molecule has 17 heavy (non-hydrogen) atoms. The summed E-state index contributed by atoms with van der Waals surface area (Å²) in [7, 11) is 1.41. The number of hydrogen-bond acceptors (Lipinski definition) is 3. The van der Waals surface area contributed by atoms with E-state index in [1.807, 2.05) is 0 Å². The van der Waals surface area contributed by atoms with E-state index in [-0.39, 0.29) is 5.97 Å². The quantitative estimate of drug-likeness (QED) is 0.429. The molecule has 0 amide bonds. The van der Waals surface area contributed by atoms with Crippen LogP contribution in [0.5, 0.6) is 0 Å². The highest BCUT2D eigenvalue weighted by atomic mass is 16.5. The van der Waals surface area contributed by atoms with Crippen LogP contribution in [0.25, 0.3) is 0 Å². The average molecular weight is 236 g/mol. The lowest BCUT2D eigenvalue weighted by Gasteiger charge is -2.22.